The summed E-state index contributed by atoms with van der Waals surface area (Å²) in [5.74, 6) is -5.41. The van der Waals surface area contributed by atoms with E-state index in [1.54, 1.807) is 0 Å². The van der Waals surface area contributed by atoms with Crippen molar-refractivity contribution in [1.29, 1.82) is 0 Å². The monoisotopic (exact) mass is 394 g/mol. The van der Waals surface area contributed by atoms with Crippen LogP contribution in [0.15, 0.2) is 18.2 Å². The summed E-state index contributed by atoms with van der Waals surface area (Å²) in [7, 11) is 0. The van der Waals surface area contributed by atoms with Crippen molar-refractivity contribution in [2.24, 2.45) is 11.8 Å². The van der Waals surface area contributed by atoms with E-state index >= 15 is 0 Å². The number of amides is 3. The number of ether oxygens (including phenoxy) is 1. The van der Waals surface area contributed by atoms with Crippen molar-refractivity contribution in [3.8, 4) is 0 Å². The summed E-state index contributed by atoms with van der Waals surface area (Å²) in [6, 6.07) is 1.90. The zero-order chi connectivity index (χ0) is 20.4. The normalized spacial score (nSPS) is 22.6. The van der Waals surface area contributed by atoms with Crippen LogP contribution in [0.2, 0.25) is 0 Å². The van der Waals surface area contributed by atoms with Crippen LogP contribution in [0.25, 0.3) is 0 Å². The van der Waals surface area contributed by atoms with Gasteiger partial charge < -0.3 is 10.1 Å². The first kappa shape index (κ1) is 19.9. The minimum atomic E-state index is -1.18. The van der Waals surface area contributed by atoms with Crippen LogP contribution in [0.4, 0.5) is 14.5 Å². The number of carbonyl (C=O) groups excluding carboxylic acids is 4. The van der Waals surface area contributed by atoms with E-state index in [1.165, 1.54) is 6.92 Å². The van der Waals surface area contributed by atoms with Crippen LogP contribution >= 0.6 is 0 Å². The molecule has 2 aliphatic rings. The molecular formula is C19H20F2N2O5. The number of halogens is 2. The number of carbonyl (C=O) groups is 4. The number of nitrogens with one attached hydrogen (secondary N) is 1. The molecule has 9 heteroatoms. The zero-order valence-electron chi connectivity index (χ0n) is 15.2. The number of nitrogens with zero attached hydrogens (tertiary/aromatic N) is 1. The van der Waals surface area contributed by atoms with Crippen molar-refractivity contribution in [3.63, 3.8) is 0 Å². The van der Waals surface area contributed by atoms with Gasteiger partial charge in [-0.25, -0.2) is 13.6 Å². The van der Waals surface area contributed by atoms with Gasteiger partial charge in [0.1, 0.15) is 23.4 Å². The Morgan fingerprint density at radius 1 is 1.14 bits per heavy atom. The molecule has 1 aromatic carbocycles. The molecule has 0 spiro atoms. The summed E-state index contributed by atoms with van der Waals surface area (Å²) >= 11 is 0. The number of hydrogen-bond acceptors (Lipinski definition) is 5. The Morgan fingerprint density at radius 2 is 1.68 bits per heavy atom. The number of benzene rings is 1. The second-order valence-electron chi connectivity index (χ2n) is 6.97. The van der Waals surface area contributed by atoms with Crippen molar-refractivity contribution in [2.75, 3.05) is 11.9 Å². The quantitative estimate of drug-likeness (QED) is 0.609. The molecule has 1 aliphatic heterocycles. The largest absolute Gasteiger partial charge is 0.454 e. The van der Waals surface area contributed by atoms with Gasteiger partial charge in [-0.15, -0.1) is 0 Å². The average Bonchev–Trinajstić information content (AvgIpc) is 2.93. The Morgan fingerprint density at radius 3 is 2.21 bits per heavy atom. The molecule has 1 heterocycles. The first-order valence-corrected chi connectivity index (χ1v) is 9.08. The van der Waals surface area contributed by atoms with Crippen LogP contribution in [0, 0.1) is 23.5 Å². The van der Waals surface area contributed by atoms with Crippen molar-refractivity contribution in [2.45, 2.75) is 38.6 Å². The number of hydrogen-bond donors (Lipinski definition) is 1. The molecule has 1 N–H and O–H groups in total. The summed E-state index contributed by atoms with van der Waals surface area (Å²) in [5.41, 5.74) is -0.648. The summed E-state index contributed by atoms with van der Waals surface area (Å²) in [5, 5.41) is 1.99. The van der Waals surface area contributed by atoms with Crippen molar-refractivity contribution >= 4 is 29.4 Å². The van der Waals surface area contributed by atoms with Crippen molar-refractivity contribution in [3.05, 3.63) is 29.8 Å². The van der Waals surface area contributed by atoms with E-state index in [4.69, 9.17) is 4.74 Å². The number of imide groups is 1. The molecule has 3 rings (SSSR count). The fraction of sp³-hybridized carbons (Fsp3) is 0.474. The fourth-order valence-electron chi connectivity index (χ4n) is 3.73. The second-order valence-corrected chi connectivity index (χ2v) is 6.97. The highest BCUT2D eigenvalue weighted by molar-refractivity contribution is 6.08. The lowest BCUT2D eigenvalue weighted by molar-refractivity contribution is -0.159. The molecule has 1 aromatic rings. The molecule has 7 nitrogen and oxygen atoms in total. The SMILES string of the molecule is C[C@@H](C(=O)OCC(=O)Nc1c(F)cccc1F)N1C(=O)[C@H]2CCCC[C@@H]2C1=O. The Hall–Kier alpha value is -2.84. The van der Waals surface area contributed by atoms with E-state index < -0.39 is 65.5 Å². The topological polar surface area (TPSA) is 92.8 Å². The minimum absolute atomic E-state index is 0.392. The van der Waals surface area contributed by atoms with Gasteiger partial charge in [0, 0.05) is 0 Å². The maximum atomic E-state index is 13.5. The smallest absolute Gasteiger partial charge is 0.329 e. The standard InChI is InChI=1S/C19H20F2N2O5/c1-10(23-17(25)11-5-2-3-6-12(11)18(23)26)19(27)28-9-15(24)22-16-13(20)7-4-8-14(16)21/h4,7-8,10-12H,2-3,5-6,9H2,1H3,(H,22,24)/t10-,11-,12-/m0/s1. The van der Waals surface area contributed by atoms with Gasteiger partial charge in [0.25, 0.3) is 5.91 Å². The van der Waals surface area contributed by atoms with Crippen molar-refractivity contribution < 1.29 is 32.7 Å². The molecule has 28 heavy (non-hydrogen) atoms. The number of likely N-dealkylation sites (tertiary alicyclic amines) is 1. The van der Waals surface area contributed by atoms with Gasteiger partial charge in [-0.2, -0.15) is 0 Å². The van der Waals surface area contributed by atoms with Gasteiger partial charge >= 0.3 is 5.97 Å². The maximum Gasteiger partial charge on any atom is 0.329 e. The predicted octanol–water partition coefficient (Wildman–Crippen LogP) is 2.01. The highest BCUT2D eigenvalue weighted by Crippen LogP contribution is 2.38. The molecule has 150 valence electrons. The highest BCUT2D eigenvalue weighted by Gasteiger charge is 2.51. The lowest BCUT2D eigenvalue weighted by Crippen LogP contribution is -2.45. The van der Waals surface area contributed by atoms with E-state index in [0.29, 0.717) is 12.8 Å². The van der Waals surface area contributed by atoms with Crippen LogP contribution in [0.3, 0.4) is 0 Å². The molecule has 2 fully saturated rings. The van der Waals surface area contributed by atoms with Gasteiger partial charge in [-0.3, -0.25) is 19.3 Å². The lowest BCUT2D eigenvalue weighted by atomic mass is 9.81. The van der Waals surface area contributed by atoms with Gasteiger partial charge in [0.05, 0.1) is 11.8 Å². The number of fused-ring (bicyclic) bond motifs is 1. The zero-order valence-corrected chi connectivity index (χ0v) is 15.2. The molecule has 1 saturated carbocycles. The Kier molecular flexibility index (Phi) is 5.71. The van der Waals surface area contributed by atoms with Gasteiger partial charge in [-0.05, 0) is 31.9 Å². The number of para-hydroxylation sites is 1. The third-order valence-electron chi connectivity index (χ3n) is 5.18. The van der Waals surface area contributed by atoms with Crippen LogP contribution in [0.1, 0.15) is 32.6 Å². The molecule has 1 aliphatic carbocycles. The Labute approximate surface area is 160 Å². The van der Waals surface area contributed by atoms with Gasteiger partial charge in [0.15, 0.2) is 6.61 Å². The van der Waals surface area contributed by atoms with E-state index in [0.717, 1.165) is 35.9 Å². The third kappa shape index (κ3) is 3.74. The number of rotatable bonds is 5. The van der Waals surface area contributed by atoms with E-state index in [-0.39, 0.29) is 0 Å². The molecule has 3 amide bonds. The van der Waals surface area contributed by atoms with Crippen LogP contribution in [0.5, 0.6) is 0 Å². The van der Waals surface area contributed by atoms with Crippen LogP contribution < -0.4 is 5.32 Å². The molecule has 0 aromatic heterocycles. The lowest BCUT2D eigenvalue weighted by Gasteiger charge is -2.21. The minimum Gasteiger partial charge on any atom is -0.454 e. The molecule has 0 unspecified atom stereocenters. The summed E-state index contributed by atoms with van der Waals surface area (Å²) in [6.07, 6.45) is 2.95. The first-order valence-electron chi connectivity index (χ1n) is 9.08. The predicted molar refractivity (Wildman–Crippen MR) is 92.7 cm³/mol. The molecule has 0 radical (unpaired) electrons. The van der Waals surface area contributed by atoms with Gasteiger partial charge in [-0.1, -0.05) is 18.9 Å². The van der Waals surface area contributed by atoms with E-state index in [2.05, 4.69) is 0 Å². The van der Waals surface area contributed by atoms with Crippen LogP contribution in [-0.4, -0.2) is 41.2 Å². The maximum absolute atomic E-state index is 13.5. The fourth-order valence-corrected chi connectivity index (χ4v) is 3.73. The summed E-state index contributed by atoms with van der Waals surface area (Å²) in [6.45, 7) is 0.546. The van der Waals surface area contributed by atoms with Gasteiger partial charge in [0.2, 0.25) is 11.8 Å². The second kappa shape index (κ2) is 8.04. The number of anilines is 1. The van der Waals surface area contributed by atoms with Crippen LogP contribution in [-0.2, 0) is 23.9 Å². The summed E-state index contributed by atoms with van der Waals surface area (Å²) < 4.78 is 31.9. The molecule has 0 bridgehead atoms. The number of esters is 1. The Bertz CT molecular complexity index is 784. The molecule has 1 saturated heterocycles. The van der Waals surface area contributed by atoms with E-state index in [1.807, 2.05) is 5.32 Å². The first-order chi connectivity index (χ1) is 13.3. The van der Waals surface area contributed by atoms with E-state index in [9.17, 15) is 28.0 Å². The molecule has 3 atom stereocenters. The highest BCUT2D eigenvalue weighted by atomic mass is 19.1. The third-order valence-corrected chi connectivity index (χ3v) is 5.18. The Balaban J connectivity index is 1.58. The van der Waals surface area contributed by atoms with Crippen molar-refractivity contribution in [1.82, 2.24) is 4.90 Å². The summed E-state index contributed by atoms with van der Waals surface area (Å²) in [4.78, 5) is 49.9. The molecular weight excluding hydrogens is 374 g/mol. The average molecular weight is 394 g/mol.